The van der Waals surface area contributed by atoms with Crippen molar-refractivity contribution in [2.24, 2.45) is 0 Å². The van der Waals surface area contributed by atoms with Crippen molar-refractivity contribution >= 4 is 39.8 Å². The number of aryl methyl sites for hydroxylation is 1. The van der Waals surface area contributed by atoms with Crippen LogP contribution in [0, 0.1) is 6.92 Å². The molecule has 0 bridgehead atoms. The maximum Gasteiger partial charge on any atom is 0.287 e. The molecule has 0 fully saturated rings. The highest BCUT2D eigenvalue weighted by Gasteiger charge is 2.15. The quantitative estimate of drug-likeness (QED) is 0.524. The van der Waals surface area contributed by atoms with E-state index in [1.807, 2.05) is 31.2 Å². The highest BCUT2D eigenvalue weighted by molar-refractivity contribution is 7.15. The zero-order valence-electron chi connectivity index (χ0n) is 14.9. The van der Waals surface area contributed by atoms with Crippen LogP contribution in [0.2, 0.25) is 5.02 Å². The summed E-state index contributed by atoms with van der Waals surface area (Å²) in [6, 6.07) is 15.5. The molecule has 0 aliphatic carbocycles. The lowest BCUT2D eigenvalue weighted by Crippen LogP contribution is -2.23. The fraction of sp³-hybridized carbons (Fsp3) is 0.0952. The van der Waals surface area contributed by atoms with Crippen molar-refractivity contribution < 1.29 is 9.21 Å². The van der Waals surface area contributed by atoms with E-state index in [0.29, 0.717) is 16.0 Å². The van der Waals surface area contributed by atoms with E-state index in [1.165, 1.54) is 17.4 Å². The number of amides is 1. The molecule has 5 nitrogen and oxygen atoms in total. The van der Waals surface area contributed by atoms with Crippen LogP contribution in [-0.4, -0.2) is 10.9 Å². The van der Waals surface area contributed by atoms with Crippen LogP contribution in [0.4, 0.5) is 0 Å². The number of carbonyl (C=O) groups is 1. The number of halogens is 1. The number of para-hydroxylation sites is 1. The molecular weight excluding hydrogens is 396 g/mol. The molecule has 0 unspecified atom stereocenters. The van der Waals surface area contributed by atoms with Gasteiger partial charge in [-0.1, -0.05) is 41.9 Å². The molecule has 2 aromatic carbocycles. The molecule has 0 atom stereocenters. The fourth-order valence-corrected chi connectivity index (χ4v) is 4.13. The van der Waals surface area contributed by atoms with Gasteiger partial charge in [0.1, 0.15) is 10.6 Å². The maximum absolute atomic E-state index is 12.5. The Balaban J connectivity index is 1.54. The van der Waals surface area contributed by atoms with Crippen LogP contribution >= 0.6 is 22.9 Å². The third kappa shape index (κ3) is 3.56. The lowest BCUT2D eigenvalue weighted by atomic mass is 10.2. The molecule has 2 aromatic heterocycles. The number of aromatic nitrogens is 1. The summed E-state index contributed by atoms with van der Waals surface area (Å²) < 4.78 is 5.57. The van der Waals surface area contributed by atoms with E-state index in [2.05, 4.69) is 10.3 Å². The first kappa shape index (κ1) is 18.4. The monoisotopic (exact) mass is 410 g/mol. The summed E-state index contributed by atoms with van der Waals surface area (Å²) in [5.74, 6) is -0.466. The van der Waals surface area contributed by atoms with Crippen molar-refractivity contribution in [2.75, 3.05) is 0 Å². The Morgan fingerprint density at radius 2 is 1.93 bits per heavy atom. The molecule has 7 heteroatoms. The van der Waals surface area contributed by atoms with Crippen LogP contribution in [0.5, 0.6) is 0 Å². The maximum atomic E-state index is 12.5. The van der Waals surface area contributed by atoms with Gasteiger partial charge >= 0.3 is 0 Å². The normalized spacial score (nSPS) is 10.9. The lowest BCUT2D eigenvalue weighted by Gasteiger charge is -2.04. The van der Waals surface area contributed by atoms with Gasteiger partial charge in [0.05, 0.1) is 22.6 Å². The van der Waals surface area contributed by atoms with Gasteiger partial charge in [-0.3, -0.25) is 9.59 Å². The third-order valence-electron chi connectivity index (χ3n) is 4.26. The average molecular weight is 411 g/mol. The molecule has 1 amide bonds. The number of rotatable bonds is 4. The number of hydrogen-bond donors (Lipinski definition) is 1. The summed E-state index contributed by atoms with van der Waals surface area (Å²) in [6.45, 7) is 2.16. The zero-order valence-corrected chi connectivity index (χ0v) is 16.4. The van der Waals surface area contributed by atoms with Gasteiger partial charge in [0.25, 0.3) is 5.91 Å². The van der Waals surface area contributed by atoms with Crippen LogP contribution < -0.4 is 10.7 Å². The Hall–Kier alpha value is -2.96. The predicted molar refractivity (Wildman–Crippen MR) is 111 cm³/mol. The van der Waals surface area contributed by atoms with Crippen molar-refractivity contribution in [2.45, 2.75) is 13.5 Å². The third-order valence-corrected chi connectivity index (χ3v) is 5.79. The Bertz CT molecular complexity index is 1250. The Kier molecular flexibility index (Phi) is 4.98. The molecule has 2 heterocycles. The molecule has 0 aliphatic rings. The van der Waals surface area contributed by atoms with E-state index < -0.39 is 5.91 Å². The number of nitrogens with zero attached hydrogens (tertiary/aromatic N) is 1. The number of thiazole rings is 1. The van der Waals surface area contributed by atoms with Crippen molar-refractivity contribution in [3.8, 4) is 10.6 Å². The van der Waals surface area contributed by atoms with Crippen LogP contribution in [0.15, 0.2) is 63.8 Å². The first-order valence-electron chi connectivity index (χ1n) is 8.55. The predicted octanol–water partition coefficient (Wildman–Crippen LogP) is 4.81. The largest absolute Gasteiger partial charge is 0.451 e. The van der Waals surface area contributed by atoms with E-state index in [9.17, 15) is 9.59 Å². The number of hydrogen-bond acceptors (Lipinski definition) is 5. The van der Waals surface area contributed by atoms with E-state index >= 15 is 0 Å². The number of fused-ring (bicyclic) bond motifs is 1. The average Bonchev–Trinajstić information content (AvgIpc) is 3.07. The van der Waals surface area contributed by atoms with E-state index in [4.69, 9.17) is 16.0 Å². The Morgan fingerprint density at radius 3 is 2.75 bits per heavy atom. The molecule has 0 spiro atoms. The minimum atomic E-state index is -0.449. The standard InChI is InChI=1S/C21H15ClN2O3S/c1-12-19(28-21(24-12)13-6-2-4-8-15(13)22)11-23-20(26)18-10-16(25)14-7-3-5-9-17(14)27-18/h2-10H,11H2,1H3,(H,23,26). The molecule has 0 aliphatic heterocycles. The fourth-order valence-electron chi connectivity index (χ4n) is 2.81. The second-order valence-electron chi connectivity index (χ2n) is 6.16. The summed E-state index contributed by atoms with van der Waals surface area (Å²) in [5, 5.41) is 4.66. The Morgan fingerprint density at radius 1 is 1.18 bits per heavy atom. The van der Waals surface area contributed by atoms with Crippen molar-refractivity contribution in [3.63, 3.8) is 0 Å². The van der Waals surface area contributed by atoms with Crippen molar-refractivity contribution in [3.05, 3.63) is 86.2 Å². The molecule has 140 valence electrons. The zero-order chi connectivity index (χ0) is 19.7. The number of carbonyl (C=O) groups excluding carboxylic acids is 1. The lowest BCUT2D eigenvalue weighted by molar-refractivity contribution is 0.0924. The van der Waals surface area contributed by atoms with Gasteiger partial charge < -0.3 is 9.73 Å². The molecule has 4 aromatic rings. The minimum Gasteiger partial charge on any atom is -0.451 e. The number of benzene rings is 2. The topological polar surface area (TPSA) is 72.2 Å². The summed E-state index contributed by atoms with van der Waals surface area (Å²) in [4.78, 5) is 30.1. The SMILES string of the molecule is Cc1nc(-c2ccccc2Cl)sc1CNC(=O)c1cc(=O)c2ccccc2o1. The molecule has 0 saturated heterocycles. The first-order chi connectivity index (χ1) is 13.5. The van der Waals surface area contributed by atoms with Crippen LogP contribution in [0.25, 0.3) is 21.5 Å². The van der Waals surface area contributed by atoms with Gasteiger partial charge in [-0.15, -0.1) is 11.3 Å². The van der Waals surface area contributed by atoms with Crippen LogP contribution in [-0.2, 0) is 6.54 Å². The molecule has 4 rings (SSSR count). The first-order valence-corrected chi connectivity index (χ1v) is 9.74. The van der Waals surface area contributed by atoms with E-state index in [-0.39, 0.29) is 17.7 Å². The van der Waals surface area contributed by atoms with Gasteiger partial charge in [-0.2, -0.15) is 0 Å². The Labute approximate surface area is 169 Å². The van der Waals surface area contributed by atoms with E-state index in [1.54, 1.807) is 24.3 Å². The van der Waals surface area contributed by atoms with Crippen LogP contribution in [0.1, 0.15) is 21.1 Å². The summed E-state index contributed by atoms with van der Waals surface area (Å²) in [6.07, 6.45) is 0. The van der Waals surface area contributed by atoms with Gasteiger partial charge in [-0.25, -0.2) is 4.98 Å². The molecule has 1 N–H and O–H groups in total. The second-order valence-corrected chi connectivity index (χ2v) is 7.65. The van der Waals surface area contributed by atoms with Gasteiger partial charge in [0.2, 0.25) is 0 Å². The molecule has 0 radical (unpaired) electrons. The summed E-state index contributed by atoms with van der Waals surface area (Å²) in [7, 11) is 0. The smallest absolute Gasteiger partial charge is 0.287 e. The highest BCUT2D eigenvalue weighted by atomic mass is 35.5. The van der Waals surface area contributed by atoms with Crippen LogP contribution in [0.3, 0.4) is 0 Å². The highest BCUT2D eigenvalue weighted by Crippen LogP contribution is 2.32. The van der Waals surface area contributed by atoms with Crippen molar-refractivity contribution in [1.82, 2.24) is 10.3 Å². The summed E-state index contributed by atoms with van der Waals surface area (Å²) in [5.41, 5.74) is 1.81. The summed E-state index contributed by atoms with van der Waals surface area (Å²) >= 11 is 7.71. The minimum absolute atomic E-state index is 0.0165. The molecular formula is C21H15ClN2O3S. The molecule has 28 heavy (non-hydrogen) atoms. The van der Waals surface area contributed by atoms with Gasteiger partial charge in [0.15, 0.2) is 11.2 Å². The number of nitrogens with one attached hydrogen (secondary N) is 1. The van der Waals surface area contributed by atoms with Gasteiger partial charge in [0, 0.05) is 16.5 Å². The second kappa shape index (κ2) is 7.58. The van der Waals surface area contributed by atoms with Crippen molar-refractivity contribution in [1.29, 1.82) is 0 Å². The van der Waals surface area contributed by atoms with Gasteiger partial charge in [-0.05, 0) is 25.1 Å². The molecule has 0 saturated carbocycles. The van der Waals surface area contributed by atoms with E-state index in [0.717, 1.165) is 21.1 Å².